The molecule has 1 aromatic rings. The van der Waals surface area contributed by atoms with Gasteiger partial charge in [-0.05, 0) is 26.3 Å². The SMILES string of the molecule is C=CCCCOc1ncc(CNCC)c(C)n1. The normalized spacial score (nSPS) is 10.2. The second kappa shape index (κ2) is 7.79. The first-order valence-corrected chi connectivity index (χ1v) is 6.04. The van der Waals surface area contributed by atoms with Crippen molar-refractivity contribution in [3.8, 4) is 6.01 Å². The van der Waals surface area contributed by atoms with E-state index in [2.05, 4.69) is 28.8 Å². The largest absolute Gasteiger partial charge is 0.463 e. The maximum atomic E-state index is 5.46. The van der Waals surface area contributed by atoms with E-state index in [0.717, 1.165) is 37.2 Å². The number of hydrogen-bond donors (Lipinski definition) is 1. The van der Waals surface area contributed by atoms with Crippen molar-refractivity contribution < 1.29 is 4.74 Å². The number of nitrogens with one attached hydrogen (secondary N) is 1. The topological polar surface area (TPSA) is 47.0 Å². The minimum atomic E-state index is 0.465. The fourth-order valence-corrected chi connectivity index (χ4v) is 1.36. The Hall–Kier alpha value is -1.42. The Morgan fingerprint density at radius 1 is 1.53 bits per heavy atom. The number of aromatic nitrogens is 2. The van der Waals surface area contributed by atoms with E-state index in [1.807, 2.05) is 19.2 Å². The van der Waals surface area contributed by atoms with Crippen molar-refractivity contribution in [1.82, 2.24) is 15.3 Å². The van der Waals surface area contributed by atoms with Crippen molar-refractivity contribution in [2.75, 3.05) is 13.2 Å². The van der Waals surface area contributed by atoms with Gasteiger partial charge in [0, 0.05) is 24.0 Å². The third-order valence-electron chi connectivity index (χ3n) is 2.41. The van der Waals surface area contributed by atoms with Crippen LogP contribution in [0.15, 0.2) is 18.9 Å². The van der Waals surface area contributed by atoms with Crippen LogP contribution in [0, 0.1) is 6.92 Å². The number of nitrogens with zero attached hydrogens (tertiary/aromatic N) is 2. The van der Waals surface area contributed by atoms with Gasteiger partial charge in [-0.1, -0.05) is 13.0 Å². The Morgan fingerprint density at radius 2 is 2.35 bits per heavy atom. The van der Waals surface area contributed by atoms with Crippen LogP contribution in [0.2, 0.25) is 0 Å². The molecule has 0 saturated heterocycles. The Morgan fingerprint density at radius 3 is 3.00 bits per heavy atom. The van der Waals surface area contributed by atoms with Crippen LogP contribution < -0.4 is 10.1 Å². The molecule has 0 unspecified atom stereocenters. The van der Waals surface area contributed by atoms with E-state index in [-0.39, 0.29) is 0 Å². The molecule has 4 heteroatoms. The lowest BCUT2D eigenvalue weighted by Crippen LogP contribution is -2.14. The van der Waals surface area contributed by atoms with E-state index >= 15 is 0 Å². The highest BCUT2D eigenvalue weighted by Gasteiger charge is 2.03. The van der Waals surface area contributed by atoms with Gasteiger partial charge in [-0.15, -0.1) is 6.58 Å². The lowest BCUT2D eigenvalue weighted by Gasteiger charge is -2.08. The zero-order valence-corrected chi connectivity index (χ0v) is 10.7. The average molecular weight is 235 g/mol. The summed E-state index contributed by atoms with van der Waals surface area (Å²) in [5, 5.41) is 3.25. The van der Waals surface area contributed by atoms with E-state index in [1.54, 1.807) is 0 Å². The summed E-state index contributed by atoms with van der Waals surface area (Å²) in [6, 6.07) is 0.465. The molecule has 4 nitrogen and oxygen atoms in total. The first-order chi connectivity index (χ1) is 8.27. The molecule has 0 aromatic carbocycles. The third-order valence-corrected chi connectivity index (χ3v) is 2.41. The van der Waals surface area contributed by atoms with Crippen molar-refractivity contribution >= 4 is 0 Å². The van der Waals surface area contributed by atoms with E-state index in [0.29, 0.717) is 12.6 Å². The van der Waals surface area contributed by atoms with Crippen LogP contribution in [0.25, 0.3) is 0 Å². The van der Waals surface area contributed by atoms with Crippen LogP contribution in [0.1, 0.15) is 31.0 Å². The fraction of sp³-hybridized carbons (Fsp3) is 0.538. The lowest BCUT2D eigenvalue weighted by atomic mass is 10.2. The number of unbranched alkanes of at least 4 members (excludes halogenated alkanes) is 1. The van der Waals surface area contributed by atoms with Crippen LogP contribution in [0.4, 0.5) is 0 Å². The van der Waals surface area contributed by atoms with Crippen LogP contribution in [-0.4, -0.2) is 23.1 Å². The number of ether oxygens (including phenoxy) is 1. The smallest absolute Gasteiger partial charge is 0.316 e. The zero-order chi connectivity index (χ0) is 12.5. The molecule has 1 N–H and O–H groups in total. The molecular formula is C13H21N3O. The molecule has 0 saturated carbocycles. The van der Waals surface area contributed by atoms with Gasteiger partial charge >= 0.3 is 6.01 Å². The molecule has 1 aromatic heterocycles. The molecule has 0 amide bonds. The molecule has 1 rings (SSSR count). The summed E-state index contributed by atoms with van der Waals surface area (Å²) in [5.74, 6) is 0. The number of rotatable bonds is 8. The maximum absolute atomic E-state index is 5.46. The van der Waals surface area contributed by atoms with Crippen molar-refractivity contribution in [2.45, 2.75) is 33.2 Å². The van der Waals surface area contributed by atoms with Crippen LogP contribution in [0.3, 0.4) is 0 Å². The highest BCUT2D eigenvalue weighted by atomic mass is 16.5. The van der Waals surface area contributed by atoms with Gasteiger partial charge in [0.05, 0.1) is 6.61 Å². The number of hydrogen-bond acceptors (Lipinski definition) is 4. The second-order valence-electron chi connectivity index (χ2n) is 3.82. The summed E-state index contributed by atoms with van der Waals surface area (Å²) >= 11 is 0. The van der Waals surface area contributed by atoms with E-state index in [9.17, 15) is 0 Å². The van der Waals surface area contributed by atoms with Crippen molar-refractivity contribution in [2.24, 2.45) is 0 Å². The Labute approximate surface area is 103 Å². The molecule has 0 aliphatic rings. The molecule has 0 atom stereocenters. The summed E-state index contributed by atoms with van der Waals surface area (Å²) in [4.78, 5) is 8.52. The summed E-state index contributed by atoms with van der Waals surface area (Å²) < 4.78 is 5.46. The Balaban J connectivity index is 2.47. The molecule has 0 bridgehead atoms. The van der Waals surface area contributed by atoms with Gasteiger partial charge in [-0.3, -0.25) is 0 Å². The third kappa shape index (κ3) is 4.95. The number of allylic oxidation sites excluding steroid dienone is 1. The molecule has 0 spiro atoms. The van der Waals surface area contributed by atoms with Gasteiger partial charge in [0.25, 0.3) is 0 Å². The average Bonchev–Trinajstić information content (AvgIpc) is 2.34. The van der Waals surface area contributed by atoms with Gasteiger partial charge in [0.2, 0.25) is 0 Å². The van der Waals surface area contributed by atoms with E-state index in [4.69, 9.17) is 4.74 Å². The van der Waals surface area contributed by atoms with Crippen LogP contribution >= 0.6 is 0 Å². The molecular weight excluding hydrogens is 214 g/mol. The Kier molecular flexibility index (Phi) is 6.25. The van der Waals surface area contributed by atoms with Crippen molar-refractivity contribution in [3.63, 3.8) is 0 Å². The minimum absolute atomic E-state index is 0.465. The predicted octanol–water partition coefficient (Wildman–Crippen LogP) is 2.24. The molecule has 1 heterocycles. The highest BCUT2D eigenvalue weighted by molar-refractivity contribution is 5.17. The first-order valence-electron chi connectivity index (χ1n) is 6.04. The minimum Gasteiger partial charge on any atom is -0.463 e. The van der Waals surface area contributed by atoms with E-state index < -0.39 is 0 Å². The van der Waals surface area contributed by atoms with Gasteiger partial charge < -0.3 is 10.1 Å². The zero-order valence-electron chi connectivity index (χ0n) is 10.7. The summed E-state index contributed by atoms with van der Waals surface area (Å²) in [6.07, 6.45) is 5.62. The van der Waals surface area contributed by atoms with Gasteiger partial charge in [0.1, 0.15) is 0 Å². The van der Waals surface area contributed by atoms with Crippen LogP contribution in [-0.2, 0) is 6.54 Å². The first kappa shape index (κ1) is 13.6. The second-order valence-corrected chi connectivity index (χ2v) is 3.82. The quantitative estimate of drug-likeness (QED) is 0.554. The standard InChI is InChI=1S/C13H21N3O/c1-4-6-7-8-17-13-15-10-12(9-14-5-2)11(3)16-13/h4,10,14H,1,5-9H2,2-3H3. The molecule has 0 radical (unpaired) electrons. The van der Waals surface area contributed by atoms with Crippen molar-refractivity contribution in [1.29, 1.82) is 0 Å². The number of aryl methyl sites for hydroxylation is 1. The predicted molar refractivity (Wildman–Crippen MR) is 69.1 cm³/mol. The van der Waals surface area contributed by atoms with Gasteiger partial charge in [-0.2, -0.15) is 0 Å². The van der Waals surface area contributed by atoms with Crippen LogP contribution in [0.5, 0.6) is 6.01 Å². The Bertz CT molecular complexity index is 353. The monoisotopic (exact) mass is 235 g/mol. The van der Waals surface area contributed by atoms with Gasteiger partial charge in [-0.25, -0.2) is 9.97 Å². The van der Waals surface area contributed by atoms with Gasteiger partial charge in [0.15, 0.2) is 0 Å². The molecule has 0 aliphatic carbocycles. The van der Waals surface area contributed by atoms with E-state index in [1.165, 1.54) is 0 Å². The lowest BCUT2D eigenvalue weighted by molar-refractivity contribution is 0.286. The molecule has 0 aliphatic heterocycles. The summed E-state index contributed by atoms with van der Waals surface area (Å²) in [6.45, 7) is 10.1. The highest BCUT2D eigenvalue weighted by Crippen LogP contribution is 2.09. The molecule has 0 fully saturated rings. The van der Waals surface area contributed by atoms with Crippen molar-refractivity contribution in [3.05, 3.63) is 30.1 Å². The fourth-order valence-electron chi connectivity index (χ4n) is 1.36. The summed E-state index contributed by atoms with van der Waals surface area (Å²) in [7, 11) is 0. The maximum Gasteiger partial charge on any atom is 0.316 e. The molecule has 17 heavy (non-hydrogen) atoms. The summed E-state index contributed by atoms with van der Waals surface area (Å²) in [5.41, 5.74) is 2.09. The molecule has 94 valence electrons.